The van der Waals surface area contributed by atoms with Crippen LogP contribution in [0.3, 0.4) is 0 Å². The molecule has 1 saturated carbocycles. The van der Waals surface area contributed by atoms with Gasteiger partial charge in [-0.3, -0.25) is 0 Å². The molecule has 1 aliphatic rings. The summed E-state index contributed by atoms with van der Waals surface area (Å²) in [6.45, 7) is 9.50. The van der Waals surface area contributed by atoms with E-state index in [-0.39, 0.29) is 0 Å². The lowest BCUT2D eigenvalue weighted by molar-refractivity contribution is 0.172. The highest BCUT2D eigenvalue weighted by molar-refractivity contribution is 5.40. The van der Waals surface area contributed by atoms with Gasteiger partial charge in [0.1, 0.15) is 0 Å². The van der Waals surface area contributed by atoms with Gasteiger partial charge in [0, 0.05) is 18.3 Å². The number of nitrogens with zero attached hydrogens (tertiary/aromatic N) is 1. The lowest BCUT2D eigenvalue weighted by Gasteiger charge is -2.31. The minimum atomic E-state index is 0.613. The largest absolute Gasteiger partial charge is 0.399 e. The second-order valence-corrected chi connectivity index (χ2v) is 7.18. The Balaban J connectivity index is 1.89. The van der Waals surface area contributed by atoms with E-state index in [1.807, 2.05) is 12.1 Å². The molecule has 0 radical (unpaired) electrons. The molecule has 1 aromatic rings. The van der Waals surface area contributed by atoms with Crippen LogP contribution < -0.4 is 5.73 Å². The Kier molecular flexibility index (Phi) is 6.10. The molecule has 2 rings (SSSR count). The molecular formula is C19H32N2. The standard InChI is InChI=1S/C19H32N2/c1-15(2)14-21(19-6-4-5-7-19)13-12-16(3)17-8-10-18(20)11-9-17/h8-11,15-16,19H,4-7,12-14,20H2,1-3H3. The summed E-state index contributed by atoms with van der Waals surface area (Å²) in [5.74, 6) is 1.37. The van der Waals surface area contributed by atoms with Crippen LogP contribution in [-0.4, -0.2) is 24.0 Å². The third kappa shape index (κ3) is 5.03. The predicted molar refractivity (Wildman–Crippen MR) is 92.6 cm³/mol. The lowest BCUT2D eigenvalue weighted by atomic mass is 9.96. The molecule has 118 valence electrons. The Morgan fingerprint density at radius 3 is 2.29 bits per heavy atom. The van der Waals surface area contributed by atoms with E-state index in [1.165, 1.54) is 50.8 Å². The zero-order valence-electron chi connectivity index (χ0n) is 14.0. The molecule has 1 aromatic carbocycles. The molecule has 1 aliphatic carbocycles. The predicted octanol–water partition coefficient (Wildman–Crippen LogP) is 4.66. The van der Waals surface area contributed by atoms with Crippen LogP contribution in [0.25, 0.3) is 0 Å². The number of nitrogen functional groups attached to an aromatic ring is 1. The zero-order chi connectivity index (χ0) is 15.2. The summed E-state index contributed by atoms with van der Waals surface area (Å²) in [4.78, 5) is 2.76. The number of rotatable bonds is 7. The van der Waals surface area contributed by atoms with Gasteiger partial charge in [0.2, 0.25) is 0 Å². The van der Waals surface area contributed by atoms with Crippen molar-refractivity contribution in [2.45, 2.75) is 64.8 Å². The van der Waals surface area contributed by atoms with Crippen molar-refractivity contribution < 1.29 is 0 Å². The minimum Gasteiger partial charge on any atom is -0.399 e. The van der Waals surface area contributed by atoms with Crippen LogP contribution >= 0.6 is 0 Å². The molecule has 2 N–H and O–H groups in total. The first kappa shape index (κ1) is 16.4. The number of hydrogen-bond donors (Lipinski definition) is 1. The molecule has 2 heteroatoms. The number of nitrogens with two attached hydrogens (primary N) is 1. The van der Waals surface area contributed by atoms with Crippen molar-refractivity contribution in [3.05, 3.63) is 29.8 Å². The van der Waals surface area contributed by atoms with Crippen LogP contribution in [0.4, 0.5) is 5.69 Å². The molecule has 0 bridgehead atoms. The fourth-order valence-corrected chi connectivity index (χ4v) is 3.51. The van der Waals surface area contributed by atoms with E-state index >= 15 is 0 Å². The molecule has 0 aliphatic heterocycles. The van der Waals surface area contributed by atoms with Gasteiger partial charge in [0.25, 0.3) is 0 Å². The third-order valence-electron chi connectivity index (χ3n) is 4.80. The number of hydrogen-bond acceptors (Lipinski definition) is 2. The molecule has 0 amide bonds. The SMILES string of the molecule is CC(C)CN(CCC(C)c1ccc(N)cc1)C1CCCC1. The highest BCUT2D eigenvalue weighted by Gasteiger charge is 2.23. The molecule has 1 atom stereocenters. The van der Waals surface area contributed by atoms with Gasteiger partial charge in [-0.15, -0.1) is 0 Å². The summed E-state index contributed by atoms with van der Waals surface area (Å²) in [6.07, 6.45) is 6.90. The lowest BCUT2D eigenvalue weighted by Crippen LogP contribution is -2.37. The summed E-state index contributed by atoms with van der Waals surface area (Å²) in [6, 6.07) is 9.25. The summed E-state index contributed by atoms with van der Waals surface area (Å²) >= 11 is 0. The molecule has 0 heterocycles. The first-order valence-corrected chi connectivity index (χ1v) is 8.65. The van der Waals surface area contributed by atoms with E-state index < -0.39 is 0 Å². The number of benzene rings is 1. The fourth-order valence-electron chi connectivity index (χ4n) is 3.51. The van der Waals surface area contributed by atoms with Crippen LogP contribution in [-0.2, 0) is 0 Å². The minimum absolute atomic E-state index is 0.613. The Labute approximate surface area is 130 Å². The maximum atomic E-state index is 5.78. The van der Waals surface area contributed by atoms with E-state index in [0.717, 1.165) is 17.6 Å². The summed E-state index contributed by atoms with van der Waals surface area (Å²) in [7, 11) is 0. The Bertz CT molecular complexity index is 404. The second-order valence-electron chi connectivity index (χ2n) is 7.18. The molecule has 21 heavy (non-hydrogen) atoms. The van der Waals surface area contributed by atoms with Crippen molar-refractivity contribution in [3.63, 3.8) is 0 Å². The van der Waals surface area contributed by atoms with E-state index in [4.69, 9.17) is 5.73 Å². The maximum Gasteiger partial charge on any atom is 0.0314 e. The van der Waals surface area contributed by atoms with Crippen molar-refractivity contribution in [1.29, 1.82) is 0 Å². The van der Waals surface area contributed by atoms with Crippen molar-refractivity contribution in [2.75, 3.05) is 18.8 Å². The highest BCUT2D eigenvalue weighted by atomic mass is 15.2. The molecule has 2 nitrogen and oxygen atoms in total. The number of anilines is 1. The van der Waals surface area contributed by atoms with Gasteiger partial charge in [-0.1, -0.05) is 45.7 Å². The van der Waals surface area contributed by atoms with Crippen LogP contribution in [0.2, 0.25) is 0 Å². The summed E-state index contributed by atoms with van der Waals surface area (Å²) < 4.78 is 0. The zero-order valence-corrected chi connectivity index (χ0v) is 14.0. The smallest absolute Gasteiger partial charge is 0.0314 e. The molecular weight excluding hydrogens is 256 g/mol. The maximum absolute atomic E-state index is 5.78. The van der Waals surface area contributed by atoms with Crippen molar-refractivity contribution in [2.24, 2.45) is 5.92 Å². The normalized spacial score (nSPS) is 17.8. The topological polar surface area (TPSA) is 29.3 Å². The van der Waals surface area contributed by atoms with Gasteiger partial charge in [-0.2, -0.15) is 0 Å². The summed E-state index contributed by atoms with van der Waals surface area (Å²) in [5, 5.41) is 0. The van der Waals surface area contributed by atoms with E-state index in [9.17, 15) is 0 Å². The van der Waals surface area contributed by atoms with Crippen LogP contribution in [0.5, 0.6) is 0 Å². The highest BCUT2D eigenvalue weighted by Crippen LogP contribution is 2.26. The first-order valence-electron chi connectivity index (χ1n) is 8.65. The molecule has 1 fully saturated rings. The van der Waals surface area contributed by atoms with Crippen LogP contribution in [0, 0.1) is 5.92 Å². The molecule has 1 unspecified atom stereocenters. The third-order valence-corrected chi connectivity index (χ3v) is 4.80. The van der Waals surface area contributed by atoms with Gasteiger partial charge in [-0.05, 0) is 55.3 Å². The fraction of sp³-hybridized carbons (Fsp3) is 0.684. The van der Waals surface area contributed by atoms with Crippen molar-refractivity contribution in [3.8, 4) is 0 Å². The monoisotopic (exact) mass is 288 g/mol. The van der Waals surface area contributed by atoms with Crippen molar-refractivity contribution in [1.82, 2.24) is 4.90 Å². The quantitative estimate of drug-likeness (QED) is 0.739. The molecule has 0 saturated heterocycles. The van der Waals surface area contributed by atoms with E-state index in [2.05, 4.69) is 37.8 Å². The molecule has 0 aromatic heterocycles. The Morgan fingerprint density at radius 2 is 1.71 bits per heavy atom. The van der Waals surface area contributed by atoms with Gasteiger partial charge >= 0.3 is 0 Å². The average Bonchev–Trinajstić information content (AvgIpc) is 2.97. The van der Waals surface area contributed by atoms with E-state index in [1.54, 1.807) is 0 Å². The Morgan fingerprint density at radius 1 is 1.10 bits per heavy atom. The van der Waals surface area contributed by atoms with Gasteiger partial charge < -0.3 is 10.6 Å². The van der Waals surface area contributed by atoms with Gasteiger partial charge in [0.15, 0.2) is 0 Å². The van der Waals surface area contributed by atoms with E-state index in [0.29, 0.717) is 5.92 Å². The average molecular weight is 288 g/mol. The van der Waals surface area contributed by atoms with Gasteiger partial charge in [-0.25, -0.2) is 0 Å². The van der Waals surface area contributed by atoms with Crippen molar-refractivity contribution >= 4 is 5.69 Å². The Hall–Kier alpha value is -1.02. The van der Waals surface area contributed by atoms with Gasteiger partial charge in [0.05, 0.1) is 0 Å². The second kappa shape index (κ2) is 7.84. The summed E-state index contributed by atoms with van der Waals surface area (Å²) in [5.41, 5.74) is 8.05. The van der Waals surface area contributed by atoms with Crippen LogP contribution in [0.15, 0.2) is 24.3 Å². The molecule has 0 spiro atoms. The first-order chi connectivity index (χ1) is 10.1. The van der Waals surface area contributed by atoms with Crippen LogP contribution in [0.1, 0.15) is 64.4 Å².